The van der Waals surface area contributed by atoms with Crippen LogP contribution in [0.15, 0.2) is 0 Å². The van der Waals surface area contributed by atoms with Gasteiger partial charge in [-0.25, -0.2) is 0 Å². The van der Waals surface area contributed by atoms with Crippen molar-refractivity contribution < 1.29 is 10.0 Å². The van der Waals surface area contributed by atoms with E-state index in [9.17, 15) is 10.0 Å². The van der Waals surface area contributed by atoms with Gasteiger partial charge < -0.3 is 10.0 Å². The van der Waals surface area contributed by atoms with E-state index < -0.39 is 7.12 Å². The molecule has 0 atom stereocenters. The van der Waals surface area contributed by atoms with Gasteiger partial charge in [-0.05, 0) is 18.8 Å². The summed E-state index contributed by atoms with van der Waals surface area (Å²) in [5.41, 5.74) is 0. The van der Waals surface area contributed by atoms with Crippen LogP contribution >= 0.6 is 0 Å². The van der Waals surface area contributed by atoms with E-state index in [0.29, 0.717) is 5.92 Å². The lowest BCUT2D eigenvalue weighted by Crippen LogP contribution is -2.32. The zero-order chi connectivity index (χ0) is 7.90. The largest absolute Gasteiger partial charge is 0.458 e. The summed E-state index contributed by atoms with van der Waals surface area (Å²) in [5.74, 6) is 0.613. The van der Waals surface area contributed by atoms with Gasteiger partial charge in [-0.15, -0.1) is 0 Å². The molecular weight excluding hydrogens is 139 g/mol. The fourth-order valence-electron chi connectivity index (χ4n) is 3.08. The topological polar surface area (TPSA) is 40.5 Å². The lowest BCUT2D eigenvalue weighted by Gasteiger charge is -2.27. The highest BCUT2D eigenvalue weighted by molar-refractivity contribution is 6.45. The molecule has 62 valence electrons. The smallest absolute Gasteiger partial charge is 0.427 e. The van der Waals surface area contributed by atoms with Crippen molar-refractivity contribution in [2.45, 2.75) is 43.8 Å². The SMILES string of the molecule is OB(O)C12CCCC1CCC2. The van der Waals surface area contributed by atoms with Crippen molar-refractivity contribution in [2.75, 3.05) is 0 Å². The molecule has 0 unspecified atom stereocenters. The minimum atomic E-state index is -1.06. The normalized spacial score (nSPS) is 42.5. The van der Waals surface area contributed by atoms with Crippen LogP contribution in [0.5, 0.6) is 0 Å². The molecule has 0 spiro atoms. The lowest BCUT2D eigenvalue weighted by atomic mass is 9.54. The van der Waals surface area contributed by atoms with E-state index in [-0.39, 0.29) is 5.31 Å². The molecule has 0 heterocycles. The summed E-state index contributed by atoms with van der Waals surface area (Å²) >= 11 is 0. The van der Waals surface area contributed by atoms with Gasteiger partial charge in [0.05, 0.1) is 0 Å². The van der Waals surface area contributed by atoms with Crippen LogP contribution in [0.1, 0.15) is 38.5 Å². The van der Waals surface area contributed by atoms with Gasteiger partial charge in [-0.2, -0.15) is 0 Å². The summed E-state index contributed by atoms with van der Waals surface area (Å²) in [6.07, 6.45) is 6.91. The van der Waals surface area contributed by atoms with Crippen LogP contribution in [-0.2, 0) is 0 Å². The van der Waals surface area contributed by atoms with Crippen LogP contribution in [0.2, 0.25) is 5.31 Å². The maximum Gasteiger partial charge on any atom is 0.458 e. The number of fused-ring (bicyclic) bond motifs is 1. The van der Waals surface area contributed by atoms with Crippen molar-refractivity contribution >= 4 is 7.12 Å². The summed E-state index contributed by atoms with van der Waals surface area (Å²) in [5, 5.41) is 18.5. The first kappa shape index (κ1) is 7.62. The van der Waals surface area contributed by atoms with Crippen molar-refractivity contribution in [3.8, 4) is 0 Å². The monoisotopic (exact) mass is 154 g/mol. The fourth-order valence-corrected chi connectivity index (χ4v) is 3.08. The average Bonchev–Trinajstić information content (AvgIpc) is 2.40. The van der Waals surface area contributed by atoms with Crippen molar-refractivity contribution in [1.82, 2.24) is 0 Å². The molecule has 0 bridgehead atoms. The molecule has 0 saturated heterocycles. The molecule has 2 N–H and O–H groups in total. The van der Waals surface area contributed by atoms with Crippen molar-refractivity contribution in [2.24, 2.45) is 5.92 Å². The third-order valence-electron chi connectivity index (χ3n) is 3.72. The standard InChI is InChI=1S/C8H15BO2/c10-9(11)8-5-1-3-7(8)4-2-6-8/h7,10-11H,1-6H2. The third-order valence-corrected chi connectivity index (χ3v) is 3.72. The molecule has 0 aromatic rings. The summed E-state index contributed by atoms with van der Waals surface area (Å²) in [6, 6.07) is 0. The molecule has 2 fully saturated rings. The first-order chi connectivity index (χ1) is 5.26. The summed E-state index contributed by atoms with van der Waals surface area (Å²) in [4.78, 5) is 0. The molecule has 0 aromatic heterocycles. The van der Waals surface area contributed by atoms with Gasteiger partial charge in [0.25, 0.3) is 0 Å². The molecule has 2 saturated carbocycles. The Labute approximate surface area is 67.8 Å². The Bertz CT molecular complexity index is 148. The van der Waals surface area contributed by atoms with Crippen LogP contribution in [0.25, 0.3) is 0 Å². The highest BCUT2D eigenvalue weighted by Gasteiger charge is 2.53. The van der Waals surface area contributed by atoms with Crippen LogP contribution in [0, 0.1) is 5.92 Å². The quantitative estimate of drug-likeness (QED) is 0.556. The minimum Gasteiger partial charge on any atom is -0.427 e. The highest BCUT2D eigenvalue weighted by atomic mass is 16.4. The van der Waals surface area contributed by atoms with Gasteiger partial charge in [0.15, 0.2) is 0 Å². The molecule has 11 heavy (non-hydrogen) atoms. The van der Waals surface area contributed by atoms with Crippen LogP contribution < -0.4 is 0 Å². The van der Waals surface area contributed by atoms with Crippen molar-refractivity contribution in [3.63, 3.8) is 0 Å². The van der Waals surface area contributed by atoms with Gasteiger partial charge >= 0.3 is 7.12 Å². The van der Waals surface area contributed by atoms with Gasteiger partial charge in [-0.1, -0.05) is 25.7 Å². The second kappa shape index (κ2) is 2.49. The van der Waals surface area contributed by atoms with Crippen LogP contribution in [0.4, 0.5) is 0 Å². The van der Waals surface area contributed by atoms with Gasteiger partial charge in [0, 0.05) is 5.31 Å². The zero-order valence-electron chi connectivity index (χ0n) is 6.79. The predicted octanol–water partition coefficient (Wildman–Crippen LogP) is 1.18. The van der Waals surface area contributed by atoms with E-state index in [2.05, 4.69) is 0 Å². The summed E-state index contributed by atoms with van der Waals surface area (Å²) < 4.78 is 0. The first-order valence-corrected chi connectivity index (χ1v) is 4.62. The number of hydrogen-bond donors (Lipinski definition) is 2. The minimum absolute atomic E-state index is 0.0833. The van der Waals surface area contributed by atoms with Gasteiger partial charge in [0.1, 0.15) is 0 Å². The molecule has 0 radical (unpaired) electrons. The molecule has 0 amide bonds. The van der Waals surface area contributed by atoms with Crippen LogP contribution in [-0.4, -0.2) is 17.2 Å². The predicted molar refractivity (Wildman–Crippen MR) is 44.1 cm³/mol. The first-order valence-electron chi connectivity index (χ1n) is 4.62. The molecule has 2 aliphatic rings. The lowest BCUT2D eigenvalue weighted by molar-refractivity contribution is 0.309. The molecule has 2 aliphatic carbocycles. The maximum atomic E-state index is 9.27. The Hall–Kier alpha value is -0.0151. The Morgan fingerprint density at radius 2 is 1.64 bits per heavy atom. The number of hydrogen-bond acceptors (Lipinski definition) is 2. The maximum absolute atomic E-state index is 9.27. The van der Waals surface area contributed by atoms with E-state index >= 15 is 0 Å². The summed E-state index contributed by atoms with van der Waals surface area (Å²) in [7, 11) is -1.06. The van der Waals surface area contributed by atoms with Gasteiger partial charge in [0.2, 0.25) is 0 Å². The number of rotatable bonds is 1. The molecule has 2 rings (SSSR count). The van der Waals surface area contributed by atoms with Crippen LogP contribution in [0.3, 0.4) is 0 Å². The van der Waals surface area contributed by atoms with E-state index in [4.69, 9.17) is 0 Å². The molecular formula is C8H15BO2. The van der Waals surface area contributed by atoms with Crippen molar-refractivity contribution in [1.29, 1.82) is 0 Å². The molecule has 0 aromatic carbocycles. The second-order valence-electron chi connectivity index (χ2n) is 4.09. The second-order valence-corrected chi connectivity index (χ2v) is 4.09. The van der Waals surface area contributed by atoms with E-state index in [1.165, 1.54) is 25.7 Å². The third kappa shape index (κ3) is 0.943. The summed E-state index contributed by atoms with van der Waals surface area (Å²) in [6.45, 7) is 0. The zero-order valence-corrected chi connectivity index (χ0v) is 6.79. The fraction of sp³-hybridized carbons (Fsp3) is 1.00. The van der Waals surface area contributed by atoms with E-state index in [1.54, 1.807) is 0 Å². The van der Waals surface area contributed by atoms with E-state index in [1.807, 2.05) is 0 Å². The molecule has 2 nitrogen and oxygen atoms in total. The Balaban J connectivity index is 2.20. The van der Waals surface area contributed by atoms with Crippen molar-refractivity contribution in [3.05, 3.63) is 0 Å². The van der Waals surface area contributed by atoms with Gasteiger partial charge in [-0.3, -0.25) is 0 Å². The Morgan fingerprint density at radius 3 is 2.00 bits per heavy atom. The highest BCUT2D eigenvalue weighted by Crippen LogP contribution is 2.60. The Morgan fingerprint density at radius 1 is 1.09 bits per heavy atom. The molecule has 3 heteroatoms. The Kier molecular flexibility index (Phi) is 1.73. The molecule has 0 aliphatic heterocycles. The van der Waals surface area contributed by atoms with E-state index in [0.717, 1.165) is 12.8 Å². The average molecular weight is 154 g/mol.